The summed E-state index contributed by atoms with van der Waals surface area (Å²) >= 11 is 1.83. The van der Waals surface area contributed by atoms with E-state index in [4.69, 9.17) is 4.42 Å². The molecule has 2 aliphatic heterocycles. The number of amidine groups is 1. The topological polar surface area (TPSA) is 28.7 Å². The Morgan fingerprint density at radius 2 is 2.20 bits per heavy atom. The maximum atomic E-state index is 5.44. The lowest BCUT2D eigenvalue weighted by atomic mass is 10.0. The molecule has 0 saturated carbocycles. The van der Waals surface area contributed by atoms with Crippen LogP contribution in [0.5, 0.6) is 0 Å². The maximum Gasteiger partial charge on any atom is 0.168 e. The second-order valence-corrected chi connectivity index (χ2v) is 6.47. The lowest BCUT2D eigenvalue weighted by molar-refractivity contribution is 0.615. The molecule has 3 nitrogen and oxygen atoms in total. The number of furan rings is 1. The highest BCUT2D eigenvalue weighted by Crippen LogP contribution is 2.45. The van der Waals surface area contributed by atoms with Crippen LogP contribution in [0.25, 0.3) is 16.7 Å². The van der Waals surface area contributed by atoms with Crippen LogP contribution in [-0.2, 0) is 0 Å². The van der Waals surface area contributed by atoms with Crippen molar-refractivity contribution in [1.29, 1.82) is 0 Å². The van der Waals surface area contributed by atoms with E-state index in [0.29, 0.717) is 5.92 Å². The molecule has 0 radical (unpaired) electrons. The highest BCUT2D eigenvalue weighted by Gasteiger charge is 2.33. The molecule has 0 atom stereocenters. The first-order valence-corrected chi connectivity index (χ1v) is 7.77. The predicted octanol–water partition coefficient (Wildman–Crippen LogP) is 4.18. The van der Waals surface area contributed by atoms with Crippen LogP contribution < -0.4 is 0 Å². The summed E-state index contributed by atoms with van der Waals surface area (Å²) < 4.78 is 5.44. The number of hydrogen-bond acceptors (Lipinski definition) is 4. The Bertz CT molecular complexity index is 742. The number of aliphatic imine (C=N–C) groups is 1. The van der Waals surface area contributed by atoms with Crippen LogP contribution in [0.4, 0.5) is 0 Å². The zero-order valence-corrected chi connectivity index (χ0v) is 12.4. The summed E-state index contributed by atoms with van der Waals surface area (Å²) in [4.78, 5) is 8.39. The third-order valence-electron chi connectivity index (χ3n) is 3.76. The molecular weight excluding hydrogens is 268 g/mol. The standard InChI is InChI=1S/C16H16N2OS/c1-10(2)15-14(18-7-6-17-16(18)20-15)12-3-4-13-11(9-12)5-8-19-13/h3-5,8-10H,6-7H2,1-2H3. The normalized spacial score (nSPS) is 18.4. The molecule has 1 aromatic heterocycles. The van der Waals surface area contributed by atoms with E-state index in [2.05, 4.69) is 41.9 Å². The van der Waals surface area contributed by atoms with Crippen molar-refractivity contribution >= 4 is 33.6 Å². The molecule has 0 N–H and O–H groups in total. The first-order valence-electron chi connectivity index (χ1n) is 6.95. The zero-order valence-electron chi connectivity index (χ0n) is 11.6. The third kappa shape index (κ3) is 1.71. The van der Waals surface area contributed by atoms with E-state index in [-0.39, 0.29) is 0 Å². The van der Waals surface area contributed by atoms with Crippen molar-refractivity contribution in [1.82, 2.24) is 4.90 Å². The second-order valence-electron chi connectivity index (χ2n) is 5.46. The van der Waals surface area contributed by atoms with Crippen molar-refractivity contribution in [3.8, 4) is 0 Å². The quantitative estimate of drug-likeness (QED) is 0.828. The SMILES string of the molecule is CC(C)C1=C(c2ccc3occc3c2)N2CCN=C2S1. The summed E-state index contributed by atoms with van der Waals surface area (Å²) in [7, 11) is 0. The lowest BCUT2D eigenvalue weighted by Crippen LogP contribution is -2.20. The van der Waals surface area contributed by atoms with Crippen molar-refractivity contribution in [2.24, 2.45) is 10.9 Å². The largest absolute Gasteiger partial charge is 0.464 e. The van der Waals surface area contributed by atoms with E-state index < -0.39 is 0 Å². The Labute approximate surface area is 122 Å². The highest BCUT2D eigenvalue weighted by atomic mass is 32.2. The molecule has 2 aliphatic rings. The number of nitrogens with zero attached hydrogens (tertiary/aromatic N) is 2. The molecule has 1 aromatic carbocycles. The second kappa shape index (κ2) is 4.42. The summed E-state index contributed by atoms with van der Waals surface area (Å²) in [5.41, 5.74) is 3.55. The minimum Gasteiger partial charge on any atom is -0.464 e. The van der Waals surface area contributed by atoms with Gasteiger partial charge in [-0.25, -0.2) is 0 Å². The Hall–Kier alpha value is -1.68. The molecule has 2 aromatic rings. The molecule has 0 unspecified atom stereocenters. The van der Waals surface area contributed by atoms with E-state index >= 15 is 0 Å². The molecule has 0 aliphatic carbocycles. The van der Waals surface area contributed by atoms with Crippen LogP contribution >= 0.6 is 11.8 Å². The smallest absolute Gasteiger partial charge is 0.168 e. The zero-order chi connectivity index (χ0) is 13.7. The Balaban J connectivity index is 1.88. The van der Waals surface area contributed by atoms with Gasteiger partial charge in [0.15, 0.2) is 5.17 Å². The van der Waals surface area contributed by atoms with Crippen LogP contribution in [0.15, 0.2) is 44.8 Å². The van der Waals surface area contributed by atoms with Gasteiger partial charge in [0, 0.05) is 16.8 Å². The van der Waals surface area contributed by atoms with Gasteiger partial charge < -0.3 is 9.32 Å². The molecule has 0 bridgehead atoms. The lowest BCUT2D eigenvalue weighted by Gasteiger charge is -2.18. The molecule has 4 rings (SSSR count). The van der Waals surface area contributed by atoms with Gasteiger partial charge in [-0.05, 0) is 35.7 Å². The van der Waals surface area contributed by atoms with Gasteiger partial charge in [0.05, 0.1) is 18.5 Å². The monoisotopic (exact) mass is 284 g/mol. The Kier molecular flexibility index (Phi) is 2.67. The van der Waals surface area contributed by atoms with Gasteiger partial charge in [0.2, 0.25) is 0 Å². The average Bonchev–Trinajstić information content (AvgIpc) is 3.12. The van der Waals surface area contributed by atoms with E-state index in [0.717, 1.165) is 29.2 Å². The first kappa shape index (κ1) is 12.1. The summed E-state index contributed by atoms with van der Waals surface area (Å²) in [5, 5.41) is 2.32. The van der Waals surface area contributed by atoms with Gasteiger partial charge in [0.1, 0.15) is 5.58 Å². The van der Waals surface area contributed by atoms with Crippen LogP contribution in [0.3, 0.4) is 0 Å². The molecular formula is C16H16N2OS. The summed E-state index contributed by atoms with van der Waals surface area (Å²) in [6, 6.07) is 8.46. The number of hydrogen-bond donors (Lipinski definition) is 0. The van der Waals surface area contributed by atoms with Crippen molar-refractivity contribution in [3.63, 3.8) is 0 Å². The van der Waals surface area contributed by atoms with Crippen LogP contribution in [0.2, 0.25) is 0 Å². The van der Waals surface area contributed by atoms with Crippen molar-refractivity contribution < 1.29 is 4.42 Å². The molecule has 3 heterocycles. The van der Waals surface area contributed by atoms with Gasteiger partial charge in [-0.1, -0.05) is 25.6 Å². The minimum atomic E-state index is 0.517. The fourth-order valence-corrected chi connectivity index (χ4v) is 4.01. The Morgan fingerprint density at radius 3 is 3.05 bits per heavy atom. The maximum absolute atomic E-state index is 5.44. The summed E-state index contributed by atoms with van der Waals surface area (Å²) in [5.74, 6) is 0.517. The number of allylic oxidation sites excluding steroid dienone is 1. The minimum absolute atomic E-state index is 0.517. The van der Waals surface area contributed by atoms with Gasteiger partial charge >= 0.3 is 0 Å². The highest BCUT2D eigenvalue weighted by molar-refractivity contribution is 8.17. The van der Waals surface area contributed by atoms with Gasteiger partial charge in [-0.15, -0.1) is 0 Å². The summed E-state index contributed by atoms with van der Waals surface area (Å²) in [6.45, 7) is 6.41. The fourth-order valence-electron chi connectivity index (χ4n) is 2.80. The molecule has 20 heavy (non-hydrogen) atoms. The summed E-state index contributed by atoms with van der Waals surface area (Å²) in [6.07, 6.45) is 1.75. The van der Waals surface area contributed by atoms with Crippen molar-refractivity contribution in [2.45, 2.75) is 13.8 Å². The third-order valence-corrected chi connectivity index (χ3v) is 5.17. The molecule has 0 amide bonds. The fraction of sp³-hybridized carbons (Fsp3) is 0.312. The molecule has 102 valence electrons. The van der Waals surface area contributed by atoms with Crippen molar-refractivity contribution in [3.05, 3.63) is 41.0 Å². The molecule has 0 fully saturated rings. The van der Waals surface area contributed by atoms with Crippen LogP contribution in [0, 0.1) is 5.92 Å². The predicted molar refractivity (Wildman–Crippen MR) is 84.6 cm³/mol. The molecule has 4 heteroatoms. The molecule has 0 saturated heterocycles. The number of rotatable bonds is 2. The number of thioether (sulfide) groups is 1. The number of fused-ring (bicyclic) bond motifs is 2. The average molecular weight is 284 g/mol. The van der Waals surface area contributed by atoms with Gasteiger partial charge in [0.25, 0.3) is 0 Å². The van der Waals surface area contributed by atoms with Gasteiger partial charge in [-0.3, -0.25) is 4.99 Å². The van der Waals surface area contributed by atoms with E-state index in [1.807, 2.05) is 17.8 Å². The van der Waals surface area contributed by atoms with Crippen molar-refractivity contribution in [2.75, 3.05) is 13.1 Å². The van der Waals surface area contributed by atoms with Crippen LogP contribution in [-0.4, -0.2) is 23.2 Å². The van der Waals surface area contributed by atoms with E-state index in [9.17, 15) is 0 Å². The van der Waals surface area contributed by atoms with E-state index in [1.54, 1.807) is 6.26 Å². The first-order chi connectivity index (χ1) is 9.74. The Morgan fingerprint density at radius 1 is 1.30 bits per heavy atom. The molecule has 0 spiro atoms. The van der Waals surface area contributed by atoms with E-state index in [1.165, 1.54) is 16.2 Å². The number of benzene rings is 1. The van der Waals surface area contributed by atoms with Crippen LogP contribution in [0.1, 0.15) is 19.4 Å². The van der Waals surface area contributed by atoms with Gasteiger partial charge in [-0.2, -0.15) is 0 Å².